The Morgan fingerprint density at radius 2 is 1.58 bits per heavy atom. The molecule has 0 fully saturated rings. The SMILES string of the molecule is CN(CC(=O)NCc1ccccn1)C1c2ccccc2-c2ccccc21. The molecule has 0 bridgehead atoms. The van der Waals surface area contributed by atoms with Crippen molar-refractivity contribution in [3.05, 3.63) is 89.7 Å². The second-order valence-electron chi connectivity index (χ2n) is 6.59. The molecule has 1 amide bonds. The van der Waals surface area contributed by atoms with E-state index in [1.54, 1.807) is 6.20 Å². The lowest BCUT2D eigenvalue weighted by molar-refractivity contribution is -0.122. The highest BCUT2D eigenvalue weighted by Crippen LogP contribution is 2.45. The topological polar surface area (TPSA) is 45.2 Å². The van der Waals surface area contributed by atoms with E-state index in [0.717, 1.165) is 5.69 Å². The van der Waals surface area contributed by atoms with E-state index in [-0.39, 0.29) is 11.9 Å². The number of rotatable bonds is 5. The third-order valence-electron chi connectivity index (χ3n) is 4.83. The number of pyridine rings is 1. The zero-order valence-electron chi connectivity index (χ0n) is 14.7. The van der Waals surface area contributed by atoms with Gasteiger partial charge in [0, 0.05) is 6.20 Å². The molecule has 1 aliphatic carbocycles. The Balaban J connectivity index is 1.49. The fourth-order valence-electron chi connectivity index (χ4n) is 3.67. The van der Waals surface area contributed by atoms with Crippen LogP contribution in [0.25, 0.3) is 11.1 Å². The van der Waals surface area contributed by atoms with Crippen LogP contribution >= 0.6 is 0 Å². The minimum absolute atomic E-state index is 0.0000142. The van der Waals surface area contributed by atoms with Gasteiger partial charge in [-0.25, -0.2) is 0 Å². The van der Waals surface area contributed by atoms with Crippen LogP contribution in [-0.2, 0) is 11.3 Å². The van der Waals surface area contributed by atoms with Crippen molar-refractivity contribution in [1.29, 1.82) is 0 Å². The molecule has 0 spiro atoms. The third-order valence-corrected chi connectivity index (χ3v) is 4.83. The first-order valence-corrected chi connectivity index (χ1v) is 8.79. The monoisotopic (exact) mass is 343 g/mol. The Labute approximate surface area is 153 Å². The predicted molar refractivity (Wildman–Crippen MR) is 102 cm³/mol. The number of hydrogen-bond acceptors (Lipinski definition) is 3. The lowest BCUT2D eigenvalue weighted by Crippen LogP contribution is -2.36. The number of likely N-dealkylation sites (N-methyl/N-ethyl adjacent to an activating group) is 1. The quantitative estimate of drug-likeness (QED) is 0.772. The van der Waals surface area contributed by atoms with Gasteiger partial charge in [0.2, 0.25) is 5.91 Å². The van der Waals surface area contributed by atoms with Gasteiger partial charge in [-0.05, 0) is 41.4 Å². The normalized spacial score (nSPS) is 12.7. The van der Waals surface area contributed by atoms with Crippen LogP contribution in [0, 0.1) is 0 Å². The van der Waals surface area contributed by atoms with Crippen molar-refractivity contribution in [3.8, 4) is 11.1 Å². The van der Waals surface area contributed by atoms with E-state index in [0.29, 0.717) is 13.1 Å². The van der Waals surface area contributed by atoms with E-state index in [1.807, 2.05) is 25.2 Å². The van der Waals surface area contributed by atoms with Crippen LogP contribution < -0.4 is 5.32 Å². The summed E-state index contributed by atoms with van der Waals surface area (Å²) in [6.45, 7) is 0.783. The van der Waals surface area contributed by atoms with Crippen molar-refractivity contribution in [1.82, 2.24) is 15.2 Å². The highest BCUT2D eigenvalue weighted by atomic mass is 16.2. The van der Waals surface area contributed by atoms with Gasteiger partial charge in [0.15, 0.2) is 0 Å². The summed E-state index contributed by atoms with van der Waals surface area (Å²) in [4.78, 5) is 18.8. The number of hydrogen-bond donors (Lipinski definition) is 1. The maximum Gasteiger partial charge on any atom is 0.234 e. The molecule has 0 saturated heterocycles. The van der Waals surface area contributed by atoms with Crippen molar-refractivity contribution in [2.75, 3.05) is 13.6 Å². The van der Waals surface area contributed by atoms with Gasteiger partial charge in [-0.1, -0.05) is 54.6 Å². The van der Waals surface area contributed by atoms with E-state index in [9.17, 15) is 4.79 Å². The van der Waals surface area contributed by atoms with Crippen LogP contribution in [-0.4, -0.2) is 29.4 Å². The number of fused-ring (bicyclic) bond motifs is 3. The average molecular weight is 343 g/mol. The molecule has 1 aromatic heterocycles. The number of benzene rings is 2. The van der Waals surface area contributed by atoms with Crippen LogP contribution in [0.3, 0.4) is 0 Å². The minimum atomic E-state index is 0.0000142. The Bertz CT molecular complexity index is 878. The van der Waals surface area contributed by atoms with Crippen LogP contribution in [0.2, 0.25) is 0 Å². The maximum atomic E-state index is 12.4. The number of nitrogens with zero attached hydrogens (tertiary/aromatic N) is 2. The molecule has 4 heteroatoms. The first-order chi connectivity index (χ1) is 12.7. The molecule has 3 aromatic rings. The summed E-state index contributed by atoms with van der Waals surface area (Å²) in [5.41, 5.74) is 5.89. The van der Waals surface area contributed by atoms with Gasteiger partial charge in [0.05, 0.1) is 24.8 Å². The maximum absolute atomic E-state index is 12.4. The Morgan fingerprint density at radius 1 is 0.962 bits per heavy atom. The van der Waals surface area contributed by atoms with Crippen LogP contribution in [0.4, 0.5) is 0 Å². The van der Waals surface area contributed by atoms with Gasteiger partial charge in [0.25, 0.3) is 0 Å². The molecule has 0 aliphatic heterocycles. The van der Waals surface area contributed by atoms with Crippen molar-refractivity contribution < 1.29 is 4.79 Å². The van der Waals surface area contributed by atoms with E-state index in [1.165, 1.54) is 22.3 Å². The van der Waals surface area contributed by atoms with Gasteiger partial charge in [-0.3, -0.25) is 14.7 Å². The first-order valence-electron chi connectivity index (χ1n) is 8.79. The molecule has 0 atom stereocenters. The van der Waals surface area contributed by atoms with E-state index in [4.69, 9.17) is 0 Å². The highest BCUT2D eigenvalue weighted by Gasteiger charge is 2.31. The molecule has 1 heterocycles. The van der Waals surface area contributed by atoms with Gasteiger partial charge in [-0.15, -0.1) is 0 Å². The fraction of sp³-hybridized carbons (Fsp3) is 0.182. The summed E-state index contributed by atoms with van der Waals surface area (Å²) in [6.07, 6.45) is 1.74. The highest BCUT2D eigenvalue weighted by molar-refractivity contribution is 5.80. The van der Waals surface area contributed by atoms with Crippen LogP contribution in [0.1, 0.15) is 22.9 Å². The van der Waals surface area contributed by atoms with Crippen molar-refractivity contribution in [3.63, 3.8) is 0 Å². The number of carbonyl (C=O) groups is 1. The van der Waals surface area contributed by atoms with Crippen LogP contribution in [0.5, 0.6) is 0 Å². The Hall–Kier alpha value is -2.98. The lowest BCUT2D eigenvalue weighted by atomic mass is 10.0. The zero-order valence-corrected chi connectivity index (χ0v) is 14.7. The average Bonchev–Trinajstić information content (AvgIpc) is 3.02. The van der Waals surface area contributed by atoms with Crippen molar-refractivity contribution in [2.45, 2.75) is 12.6 Å². The van der Waals surface area contributed by atoms with Gasteiger partial charge in [0.1, 0.15) is 0 Å². The second kappa shape index (κ2) is 7.10. The second-order valence-corrected chi connectivity index (χ2v) is 6.59. The van der Waals surface area contributed by atoms with Gasteiger partial charge >= 0.3 is 0 Å². The zero-order chi connectivity index (χ0) is 17.9. The summed E-state index contributed by atoms with van der Waals surface area (Å²) in [5, 5.41) is 2.96. The number of aromatic nitrogens is 1. The summed E-state index contributed by atoms with van der Waals surface area (Å²) in [5.74, 6) is 0.0000142. The number of amides is 1. The third kappa shape index (κ3) is 3.11. The number of carbonyl (C=O) groups excluding carboxylic acids is 1. The molecule has 130 valence electrons. The molecule has 2 aromatic carbocycles. The van der Waals surface area contributed by atoms with Gasteiger partial charge in [-0.2, -0.15) is 0 Å². The van der Waals surface area contributed by atoms with E-state index >= 15 is 0 Å². The van der Waals surface area contributed by atoms with Crippen molar-refractivity contribution >= 4 is 5.91 Å². The number of nitrogens with one attached hydrogen (secondary N) is 1. The molecule has 0 unspecified atom stereocenters. The predicted octanol–water partition coefficient (Wildman–Crippen LogP) is 3.40. The van der Waals surface area contributed by atoms with Crippen molar-refractivity contribution in [2.24, 2.45) is 0 Å². The smallest absolute Gasteiger partial charge is 0.234 e. The summed E-state index contributed by atoms with van der Waals surface area (Å²) < 4.78 is 0. The molecule has 26 heavy (non-hydrogen) atoms. The molecule has 4 rings (SSSR count). The fourth-order valence-corrected chi connectivity index (χ4v) is 3.67. The largest absolute Gasteiger partial charge is 0.349 e. The van der Waals surface area contributed by atoms with E-state index < -0.39 is 0 Å². The molecule has 0 radical (unpaired) electrons. The van der Waals surface area contributed by atoms with Crippen LogP contribution in [0.15, 0.2) is 72.9 Å². The van der Waals surface area contributed by atoms with Gasteiger partial charge < -0.3 is 5.32 Å². The van der Waals surface area contributed by atoms with E-state index in [2.05, 4.69) is 63.7 Å². The molecule has 0 saturated carbocycles. The summed E-state index contributed by atoms with van der Waals surface area (Å²) in [7, 11) is 2.00. The Morgan fingerprint density at radius 3 is 2.19 bits per heavy atom. The standard InChI is InChI=1S/C22H21N3O/c1-25(15-21(26)24-14-16-8-6-7-13-23-16)22-19-11-4-2-9-17(19)18-10-3-5-12-20(18)22/h2-13,22H,14-15H2,1H3,(H,24,26). The first kappa shape index (κ1) is 16.5. The lowest BCUT2D eigenvalue weighted by Gasteiger charge is -2.25. The molecule has 1 aliphatic rings. The molecular formula is C22H21N3O. The molecular weight excluding hydrogens is 322 g/mol. The molecule has 1 N–H and O–H groups in total. The summed E-state index contributed by atoms with van der Waals surface area (Å²) in [6, 6.07) is 22.7. The molecule has 4 nitrogen and oxygen atoms in total. The summed E-state index contributed by atoms with van der Waals surface area (Å²) >= 11 is 0. The Kier molecular flexibility index (Phi) is 4.50. The minimum Gasteiger partial charge on any atom is -0.349 e.